The molecule has 1 aliphatic rings. The molecule has 2 heterocycles. The summed E-state index contributed by atoms with van der Waals surface area (Å²) in [5.41, 5.74) is 8.45. The molecular formula is C20H25N5O. The van der Waals surface area contributed by atoms with Crippen LogP contribution in [0.15, 0.2) is 48.8 Å². The minimum atomic E-state index is -0.0111. The van der Waals surface area contributed by atoms with Crippen molar-refractivity contribution in [2.75, 3.05) is 13.1 Å². The number of nitrogens with one attached hydrogen (secondary N) is 2. The van der Waals surface area contributed by atoms with Crippen molar-refractivity contribution in [3.8, 4) is 0 Å². The van der Waals surface area contributed by atoms with Gasteiger partial charge in [0.1, 0.15) is 5.84 Å². The van der Waals surface area contributed by atoms with E-state index in [0.29, 0.717) is 18.0 Å². The molecule has 1 saturated heterocycles. The summed E-state index contributed by atoms with van der Waals surface area (Å²) in [6, 6.07) is 11.5. The molecule has 0 unspecified atom stereocenters. The molecule has 0 bridgehead atoms. The molecule has 4 N–H and O–H groups in total. The molecule has 6 heteroatoms. The Kier molecular flexibility index (Phi) is 5.84. The van der Waals surface area contributed by atoms with E-state index in [0.717, 1.165) is 37.9 Å². The Morgan fingerprint density at radius 3 is 2.38 bits per heavy atom. The number of nitrogens with zero attached hydrogens (tertiary/aromatic N) is 2. The van der Waals surface area contributed by atoms with Gasteiger partial charge in [-0.3, -0.25) is 10.4 Å². The molecular weight excluding hydrogens is 326 g/mol. The molecule has 0 atom stereocenters. The fourth-order valence-electron chi connectivity index (χ4n) is 3.28. The largest absolute Gasteiger partial charge is 0.384 e. The number of urea groups is 1. The van der Waals surface area contributed by atoms with Crippen LogP contribution >= 0.6 is 0 Å². The van der Waals surface area contributed by atoms with Gasteiger partial charge in [-0.05, 0) is 48.4 Å². The SMILES string of the molecule is N=C(N)c1ccc(CNC(=O)N2CCC(Cc3ccncc3)CC2)cc1. The van der Waals surface area contributed by atoms with Crippen LogP contribution in [0.4, 0.5) is 4.79 Å². The number of pyridine rings is 1. The monoisotopic (exact) mass is 351 g/mol. The summed E-state index contributed by atoms with van der Waals surface area (Å²) >= 11 is 0. The third-order valence-corrected chi connectivity index (χ3v) is 4.88. The fourth-order valence-corrected chi connectivity index (χ4v) is 3.28. The van der Waals surface area contributed by atoms with E-state index in [1.165, 1.54) is 5.56 Å². The van der Waals surface area contributed by atoms with Gasteiger partial charge >= 0.3 is 6.03 Å². The van der Waals surface area contributed by atoms with E-state index >= 15 is 0 Å². The maximum atomic E-state index is 12.4. The van der Waals surface area contributed by atoms with Gasteiger partial charge in [0.05, 0.1) is 0 Å². The van der Waals surface area contributed by atoms with Crippen LogP contribution in [0.25, 0.3) is 0 Å². The second-order valence-corrected chi connectivity index (χ2v) is 6.76. The van der Waals surface area contributed by atoms with Crippen LogP contribution in [-0.4, -0.2) is 34.8 Å². The van der Waals surface area contributed by atoms with Crippen LogP contribution < -0.4 is 11.1 Å². The number of likely N-dealkylation sites (tertiary alicyclic amines) is 1. The summed E-state index contributed by atoms with van der Waals surface area (Å²) in [6.45, 7) is 2.07. The van der Waals surface area contributed by atoms with E-state index in [9.17, 15) is 4.79 Å². The van der Waals surface area contributed by atoms with Gasteiger partial charge in [0, 0.05) is 37.6 Å². The van der Waals surface area contributed by atoms with Gasteiger partial charge in [-0.2, -0.15) is 0 Å². The average Bonchev–Trinajstić information content (AvgIpc) is 2.68. The van der Waals surface area contributed by atoms with Crippen molar-refractivity contribution in [3.63, 3.8) is 0 Å². The number of piperidine rings is 1. The molecule has 0 radical (unpaired) electrons. The Bertz CT molecular complexity index is 737. The minimum Gasteiger partial charge on any atom is -0.384 e. The molecule has 3 rings (SSSR count). The van der Waals surface area contributed by atoms with Crippen LogP contribution in [0.1, 0.15) is 29.5 Å². The lowest BCUT2D eigenvalue weighted by Gasteiger charge is -2.32. The van der Waals surface area contributed by atoms with E-state index in [1.54, 1.807) is 12.1 Å². The average molecular weight is 351 g/mol. The van der Waals surface area contributed by atoms with Crippen molar-refractivity contribution in [2.45, 2.75) is 25.8 Å². The Balaban J connectivity index is 1.42. The smallest absolute Gasteiger partial charge is 0.317 e. The highest BCUT2D eigenvalue weighted by atomic mass is 16.2. The number of hydrogen-bond acceptors (Lipinski definition) is 3. The van der Waals surface area contributed by atoms with Gasteiger partial charge < -0.3 is 16.0 Å². The van der Waals surface area contributed by atoms with E-state index in [1.807, 2.05) is 29.4 Å². The molecule has 1 aromatic heterocycles. The van der Waals surface area contributed by atoms with Crippen molar-refractivity contribution in [1.29, 1.82) is 5.41 Å². The number of nitrogens with two attached hydrogens (primary N) is 1. The maximum absolute atomic E-state index is 12.4. The number of rotatable bonds is 5. The highest BCUT2D eigenvalue weighted by Gasteiger charge is 2.22. The summed E-state index contributed by atoms with van der Waals surface area (Å²) in [7, 11) is 0. The highest BCUT2D eigenvalue weighted by molar-refractivity contribution is 5.94. The first kappa shape index (κ1) is 17.9. The quantitative estimate of drug-likeness (QED) is 0.570. The van der Waals surface area contributed by atoms with Crippen LogP contribution in [0.2, 0.25) is 0 Å². The first-order chi connectivity index (χ1) is 12.6. The van der Waals surface area contributed by atoms with Crippen LogP contribution in [0.3, 0.4) is 0 Å². The number of hydrogen-bond donors (Lipinski definition) is 3. The lowest BCUT2D eigenvalue weighted by Crippen LogP contribution is -2.44. The lowest BCUT2D eigenvalue weighted by molar-refractivity contribution is 0.170. The minimum absolute atomic E-state index is 0.0111. The Morgan fingerprint density at radius 2 is 1.77 bits per heavy atom. The molecule has 2 amide bonds. The Labute approximate surface area is 153 Å². The molecule has 6 nitrogen and oxygen atoms in total. The molecule has 1 aliphatic heterocycles. The molecule has 136 valence electrons. The number of amides is 2. The standard InChI is InChI=1S/C20H25N5O/c21-19(22)18-3-1-17(2-4-18)14-24-20(26)25-11-7-16(8-12-25)13-15-5-9-23-10-6-15/h1-6,9-10,16H,7-8,11-14H2,(H3,21,22)(H,24,26). The van der Waals surface area contributed by atoms with Gasteiger partial charge in [-0.1, -0.05) is 24.3 Å². The molecule has 1 fully saturated rings. The first-order valence-electron chi connectivity index (χ1n) is 8.97. The number of carbonyl (C=O) groups is 1. The third kappa shape index (κ3) is 4.81. The van der Waals surface area contributed by atoms with Crippen LogP contribution in [-0.2, 0) is 13.0 Å². The summed E-state index contributed by atoms with van der Waals surface area (Å²) in [5, 5.41) is 10.4. The number of benzene rings is 1. The van der Waals surface area contributed by atoms with Crippen molar-refractivity contribution in [1.82, 2.24) is 15.2 Å². The molecule has 1 aromatic carbocycles. The summed E-state index contributed by atoms with van der Waals surface area (Å²) in [6.07, 6.45) is 6.79. The van der Waals surface area contributed by atoms with E-state index in [4.69, 9.17) is 11.1 Å². The number of nitrogen functional groups attached to an aromatic ring is 1. The summed E-state index contributed by atoms with van der Waals surface area (Å²) < 4.78 is 0. The normalized spacial score (nSPS) is 14.8. The molecule has 2 aromatic rings. The number of aromatic nitrogens is 1. The van der Waals surface area contributed by atoms with Gasteiger partial charge in [-0.25, -0.2) is 4.79 Å². The van der Waals surface area contributed by atoms with E-state index < -0.39 is 0 Å². The van der Waals surface area contributed by atoms with Gasteiger partial charge in [-0.15, -0.1) is 0 Å². The zero-order valence-electron chi connectivity index (χ0n) is 14.8. The molecule has 0 aliphatic carbocycles. The second-order valence-electron chi connectivity index (χ2n) is 6.76. The first-order valence-corrected chi connectivity index (χ1v) is 8.97. The van der Waals surface area contributed by atoms with Gasteiger partial charge in [0.15, 0.2) is 0 Å². The Hall–Kier alpha value is -2.89. The molecule has 26 heavy (non-hydrogen) atoms. The predicted octanol–water partition coefficient (Wildman–Crippen LogP) is 2.53. The van der Waals surface area contributed by atoms with Crippen molar-refractivity contribution < 1.29 is 4.79 Å². The zero-order chi connectivity index (χ0) is 18.4. The van der Waals surface area contributed by atoms with Crippen molar-refractivity contribution in [3.05, 3.63) is 65.5 Å². The van der Waals surface area contributed by atoms with Gasteiger partial charge in [0.2, 0.25) is 0 Å². The third-order valence-electron chi connectivity index (χ3n) is 4.88. The summed E-state index contributed by atoms with van der Waals surface area (Å²) in [4.78, 5) is 18.3. The van der Waals surface area contributed by atoms with Crippen LogP contribution in [0, 0.1) is 11.3 Å². The second kappa shape index (κ2) is 8.47. The number of amidine groups is 1. The van der Waals surface area contributed by atoms with Crippen molar-refractivity contribution >= 4 is 11.9 Å². The van der Waals surface area contributed by atoms with E-state index in [2.05, 4.69) is 22.4 Å². The summed E-state index contributed by atoms with van der Waals surface area (Å²) in [5.74, 6) is 0.677. The fraction of sp³-hybridized carbons (Fsp3) is 0.350. The number of carbonyl (C=O) groups excluding carboxylic acids is 1. The lowest BCUT2D eigenvalue weighted by atomic mass is 9.90. The molecule has 0 saturated carbocycles. The molecule has 0 spiro atoms. The maximum Gasteiger partial charge on any atom is 0.317 e. The van der Waals surface area contributed by atoms with Crippen molar-refractivity contribution in [2.24, 2.45) is 11.7 Å². The highest BCUT2D eigenvalue weighted by Crippen LogP contribution is 2.21. The van der Waals surface area contributed by atoms with Gasteiger partial charge in [0.25, 0.3) is 0 Å². The zero-order valence-corrected chi connectivity index (χ0v) is 14.8. The Morgan fingerprint density at radius 1 is 1.12 bits per heavy atom. The topological polar surface area (TPSA) is 95.1 Å². The van der Waals surface area contributed by atoms with E-state index in [-0.39, 0.29) is 11.9 Å². The van der Waals surface area contributed by atoms with Crippen LogP contribution in [0.5, 0.6) is 0 Å². The predicted molar refractivity (Wildman–Crippen MR) is 102 cm³/mol.